The van der Waals surface area contributed by atoms with Crippen molar-refractivity contribution in [1.82, 2.24) is 9.62 Å². The molecule has 3 rings (SSSR count). The number of hydrogen-bond donors (Lipinski definition) is 1. The molecule has 0 saturated carbocycles. The quantitative estimate of drug-likeness (QED) is 0.445. The van der Waals surface area contributed by atoms with Gasteiger partial charge in [0, 0.05) is 20.2 Å². The van der Waals surface area contributed by atoms with E-state index >= 15 is 0 Å². The molecule has 0 spiro atoms. The molecule has 0 aliphatic carbocycles. The number of hydrogen-bond acceptors (Lipinski definition) is 5. The van der Waals surface area contributed by atoms with Crippen molar-refractivity contribution >= 4 is 10.0 Å². The molecule has 0 atom stereocenters. The second-order valence-electron chi connectivity index (χ2n) is 7.73. The molecule has 0 fully saturated rings. The molecule has 0 unspecified atom stereocenters. The number of ether oxygens (including phenoxy) is 2. The number of nitrogens with one attached hydrogen (secondary N) is 1. The van der Waals surface area contributed by atoms with Gasteiger partial charge in [-0.2, -0.15) is 0 Å². The first-order chi connectivity index (χ1) is 15.4. The Hall–Kier alpha value is -2.71. The standard InChI is InChI=1S/C25H30N2O4S/c1-27(2)19-20-8-10-21(11-9-20)25-7-5-4-6-22(25)18-26-32(28,29)24-14-12-23(13-15-24)31-17-16-30-3/h4-15,26H,16-19H2,1-3H3. The maximum atomic E-state index is 12.8. The van der Waals surface area contributed by atoms with E-state index in [2.05, 4.69) is 33.9 Å². The molecule has 0 heterocycles. The van der Waals surface area contributed by atoms with Crippen LogP contribution in [0.1, 0.15) is 11.1 Å². The predicted octanol–water partition coefficient (Wildman–Crippen LogP) is 3.92. The van der Waals surface area contributed by atoms with Gasteiger partial charge in [-0.15, -0.1) is 0 Å². The fourth-order valence-electron chi connectivity index (χ4n) is 3.32. The highest BCUT2D eigenvalue weighted by Crippen LogP contribution is 2.25. The molecular formula is C25H30N2O4S. The van der Waals surface area contributed by atoms with Gasteiger partial charge >= 0.3 is 0 Å². The summed E-state index contributed by atoms with van der Waals surface area (Å²) in [7, 11) is 2.02. The maximum Gasteiger partial charge on any atom is 0.240 e. The second-order valence-corrected chi connectivity index (χ2v) is 9.50. The van der Waals surface area contributed by atoms with Crippen LogP contribution in [0.2, 0.25) is 0 Å². The van der Waals surface area contributed by atoms with Crippen LogP contribution in [0, 0.1) is 0 Å². The summed E-state index contributed by atoms with van der Waals surface area (Å²) >= 11 is 0. The third-order valence-corrected chi connectivity index (χ3v) is 6.34. The average molecular weight is 455 g/mol. The van der Waals surface area contributed by atoms with Crippen LogP contribution in [-0.2, 0) is 27.8 Å². The number of nitrogens with zero attached hydrogens (tertiary/aromatic N) is 1. The van der Waals surface area contributed by atoms with E-state index in [1.807, 2.05) is 38.4 Å². The fraction of sp³-hybridized carbons (Fsp3) is 0.280. The first-order valence-electron chi connectivity index (χ1n) is 10.4. The number of benzene rings is 3. The van der Waals surface area contributed by atoms with Gasteiger partial charge in [-0.3, -0.25) is 0 Å². The topological polar surface area (TPSA) is 67.9 Å². The number of sulfonamides is 1. The van der Waals surface area contributed by atoms with Crippen LogP contribution in [0.4, 0.5) is 0 Å². The lowest BCUT2D eigenvalue weighted by molar-refractivity contribution is 0.146. The zero-order valence-electron chi connectivity index (χ0n) is 18.7. The van der Waals surface area contributed by atoms with Crippen molar-refractivity contribution in [2.45, 2.75) is 18.0 Å². The average Bonchev–Trinajstić information content (AvgIpc) is 2.79. The van der Waals surface area contributed by atoms with E-state index in [0.717, 1.165) is 23.2 Å². The minimum Gasteiger partial charge on any atom is -0.491 e. The summed E-state index contributed by atoms with van der Waals surface area (Å²) in [6, 6.07) is 22.6. The van der Waals surface area contributed by atoms with Gasteiger partial charge in [0.2, 0.25) is 10.0 Å². The van der Waals surface area contributed by atoms with Crippen molar-refractivity contribution in [3.63, 3.8) is 0 Å². The molecule has 7 heteroatoms. The molecule has 0 aliphatic heterocycles. The largest absolute Gasteiger partial charge is 0.491 e. The normalized spacial score (nSPS) is 11.6. The van der Waals surface area contributed by atoms with Crippen LogP contribution >= 0.6 is 0 Å². The SMILES string of the molecule is COCCOc1ccc(S(=O)(=O)NCc2ccccc2-c2ccc(CN(C)C)cc2)cc1. The van der Waals surface area contributed by atoms with Gasteiger partial charge in [-0.1, -0.05) is 48.5 Å². The first-order valence-corrected chi connectivity index (χ1v) is 11.9. The summed E-state index contributed by atoms with van der Waals surface area (Å²) in [5.41, 5.74) is 4.20. The Labute approximate surface area is 190 Å². The monoisotopic (exact) mass is 454 g/mol. The Morgan fingerprint density at radius 2 is 1.56 bits per heavy atom. The van der Waals surface area contributed by atoms with E-state index in [0.29, 0.717) is 19.0 Å². The highest BCUT2D eigenvalue weighted by atomic mass is 32.2. The van der Waals surface area contributed by atoms with Crippen LogP contribution in [0.5, 0.6) is 5.75 Å². The van der Waals surface area contributed by atoms with E-state index in [4.69, 9.17) is 9.47 Å². The lowest BCUT2D eigenvalue weighted by Crippen LogP contribution is -2.23. The Kier molecular flexibility index (Phi) is 8.41. The zero-order chi connectivity index (χ0) is 23.0. The molecule has 0 aliphatic rings. The smallest absolute Gasteiger partial charge is 0.240 e. The van der Waals surface area contributed by atoms with Crippen LogP contribution < -0.4 is 9.46 Å². The number of rotatable bonds is 11. The van der Waals surface area contributed by atoms with Gasteiger partial charge in [0.15, 0.2) is 0 Å². The minimum absolute atomic E-state index is 0.196. The molecule has 6 nitrogen and oxygen atoms in total. The minimum atomic E-state index is -3.66. The molecule has 170 valence electrons. The van der Waals surface area contributed by atoms with Crippen LogP contribution in [0.25, 0.3) is 11.1 Å². The molecule has 0 saturated heterocycles. The van der Waals surface area contributed by atoms with Gasteiger partial charge in [0.05, 0.1) is 11.5 Å². The van der Waals surface area contributed by atoms with Crippen molar-refractivity contribution in [3.8, 4) is 16.9 Å². The molecule has 0 aromatic heterocycles. The Morgan fingerprint density at radius 1 is 0.875 bits per heavy atom. The molecular weight excluding hydrogens is 424 g/mol. The Morgan fingerprint density at radius 3 is 2.22 bits per heavy atom. The summed E-state index contributed by atoms with van der Waals surface area (Å²) in [5, 5.41) is 0. The van der Waals surface area contributed by atoms with Gasteiger partial charge in [0.25, 0.3) is 0 Å². The van der Waals surface area contributed by atoms with E-state index < -0.39 is 10.0 Å². The lowest BCUT2D eigenvalue weighted by atomic mass is 9.99. The van der Waals surface area contributed by atoms with Crippen molar-refractivity contribution in [2.75, 3.05) is 34.4 Å². The van der Waals surface area contributed by atoms with E-state index in [-0.39, 0.29) is 11.4 Å². The highest BCUT2D eigenvalue weighted by molar-refractivity contribution is 7.89. The summed E-state index contributed by atoms with van der Waals surface area (Å²) in [6.45, 7) is 1.95. The molecule has 3 aromatic carbocycles. The molecule has 1 N–H and O–H groups in total. The molecule has 32 heavy (non-hydrogen) atoms. The van der Waals surface area contributed by atoms with Crippen molar-refractivity contribution in [2.24, 2.45) is 0 Å². The van der Waals surface area contributed by atoms with Crippen LogP contribution in [-0.4, -0.2) is 47.7 Å². The summed E-state index contributed by atoms with van der Waals surface area (Å²) in [4.78, 5) is 2.32. The molecule has 3 aromatic rings. The van der Waals surface area contributed by atoms with Crippen molar-refractivity contribution in [1.29, 1.82) is 0 Å². The maximum absolute atomic E-state index is 12.8. The van der Waals surface area contributed by atoms with Gasteiger partial charge in [-0.25, -0.2) is 13.1 Å². The third kappa shape index (κ3) is 6.64. The van der Waals surface area contributed by atoms with E-state index in [1.165, 1.54) is 5.56 Å². The van der Waals surface area contributed by atoms with Gasteiger partial charge < -0.3 is 14.4 Å². The van der Waals surface area contributed by atoms with Gasteiger partial charge in [-0.05, 0) is 60.6 Å². The van der Waals surface area contributed by atoms with Crippen molar-refractivity contribution < 1.29 is 17.9 Å². The third-order valence-electron chi connectivity index (χ3n) is 4.92. The van der Waals surface area contributed by atoms with Crippen LogP contribution in [0.15, 0.2) is 77.7 Å². The Balaban J connectivity index is 1.70. The highest BCUT2D eigenvalue weighted by Gasteiger charge is 2.15. The summed E-state index contributed by atoms with van der Waals surface area (Å²) in [5.74, 6) is 0.601. The summed E-state index contributed by atoms with van der Waals surface area (Å²) < 4.78 is 38.7. The molecule has 0 radical (unpaired) electrons. The Bertz CT molecular complexity index is 1100. The fourth-order valence-corrected chi connectivity index (χ4v) is 4.33. The predicted molar refractivity (Wildman–Crippen MR) is 127 cm³/mol. The molecule has 0 bridgehead atoms. The summed E-state index contributed by atoms with van der Waals surface area (Å²) in [6.07, 6.45) is 0. The lowest BCUT2D eigenvalue weighted by Gasteiger charge is -2.13. The number of methoxy groups -OCH3 is 1. The zero-order valence-corrected chi connectivity index (χ0v) is 19.6. The van der Waals surface area contributed by atoms with E-state index in [9.17, 15) is 8.42 Å². The van der Waals surface area contributed by atoms with Gasteiger partial charge in [0.1, 0.15) is 12.4 Å². The molecule has 0 amide bonds. The first kappa shape index (κ1) is 23.9. The second kappa shape index (κ2) is 11.2. The van der Waals surface area contributed by atoms with E-state index in [1.54, 1.807) is 31.4 Å². The van der Waals surface area contributed by atoms with Crippen molar-refractivity contribution in [3.05, 3.63) is 83.9 Å². The van der Waals surface area contributed by atoms with Crippen LogP contribution in [0.3, 0.4) is 0 Å².